The lowest BCUT2D eigenvalue weighted by Gasteiger charge is -2.21. The van der Waals surface area contributed by atoms with E-state index in [2.05, 4.69) is 15.0 Å². The summed E-state index contributed by atoms with van der Waals surface area (Å²) < 4.78 is 32.2. The Morgan fingerprint density at radius 3 is 2.45 bits per heavy atom. The van der Waals surface area contributed by atoms with Gasteiger partial charge in [-0.2, -0.15) is 4.72 Å². The van der Waals surface area contributed by atoms with Crippen LogP contribution in [-0.4, -0.2) is 56.9 Å². The number of rotatable bonds is 8. The molecule has 0 radical (unpaired) electrons. The molecule has 2 N–H and O–H groups in total. The van der Waals surface area contributed by atoms with Crippen molar-refractivity contribution in [1.82, 2.24) is 14.6 Å². The maximum Gasteiger partial charge on any atom is 0.245 e. The number of carbonyl (C=O) groups excluding carboxylic acids is 2. The molecule has 0 unspecified atom stereocenters. The van der Waals surface area contributed by atoms with E-state index in [1.807, 2.05) is 6.92 Å². The van der Waals surface area contributed by atoms with Gasteiger partial charge in [-0.25, -0.2) is 13.4 Å². The summed E-state index contributed by atoms with van der Waals surface area (Å²) in [7, 11) is -1.01. The molecule has 0 fully saturated rings. The second-order valence-corrected chi connectivity index (χ2v) is 8.19. The van der Waals surface area contributed by atoms with Gasteiger partial charge in [-0.05, 0) is 55.8 Å². The lowest BCUT2D eigenvalue weighted by molar-refractivity contribution is -0.134. The highest BCUT2D eigenvalue weighted by Crippen LogP contribution is 2.15. The number of anilines is 1. The average molecular weight is 420 g/mol. The largest absolute Gasteiger partial charge is 0.497 e. The van der Waals surface area contributed by atoms with Crippen LogP contribution in [0.25, 0.3) is 0 Å². The van der Waals surface area contributed by atoms with Crippen LogP contribution in [0.5, 0.6) is 5.75 Å². The number of aryl methyl sites for hydroxylation is 1. The Morgan fingerprint density at radius 2 is 1.86 bits per heavy atom. The summed E-state index contributed by atoms with van der Waals surface area (Å²) in [5, 5.41) is 2.60. The molecule has 1 aromatic heterocycles. The van der Waals surface area contributed by atoms with Gasteiger partial charge in [-0.1, -0.05) is 0 Å². The number of ether oxygens (including phenoxy) is 1. The van der Waals surface area contributed by atoms with E-state index in [1.54, 1.807) is 18.3 Å². The molecule has 0 aliphatic carbocycles. The van der Waals surface area contributed by atoms with Gasteiger partial charge in [-0.15, -0.1) is 0 Å². The van der Waals surface area contributed by atoms with E-state index in [0.717, 1.165) is 10.5 Å². The zero-order valence-electron chi connectivity index (χ0n) is 16.7. The second kappa shape index (κ2) is 9.48. The highest BCUT2D eigenvalue weighted by molar-refractivity contribution is 7.89. The van der Waals surface area contributed by atoms with Crippen LogP contribution in [0, 0.1) is 6.92 Å². The first-order chi connectivity index (χ1) is 13.6. The summed E-state index contributed by atoms with van der Waals surface area (Å²) in [6.45, 7) is 3.03. The molecule has 0 aliphatic heterocycles. The number of benzene rings is 1. The minimum Gasteiger partial charge on any atom is -0.497 e. The highest BCUT2D eigenvalue weighted by atomic mass is 32.2. The van der Waals surface area contributed by atoms with E-state index in [1.165, 1.54) is 45.3 Å². The molecule has 1 atom stereocenters. The molecule has 0 saturated carbocycles. The molecule has 156 valence electrons. The third-order valence-electron chi connectivity index (χ3n) is 4.01. The number of sulfonamides is 1. The smallest absolute Gasteiger partial charge is 0.245 e. The molecule has 2 rings (SSSR count). The number of hydrogen-bond donors (Lipinski definition) is 2. The lowest BCUT2D eigenvalue weighted by atomic mass is 10.3. The zero-order valence-corrected chi connectivity index (χ0v) is 17.5. The molecule has 2 amide bonds. The van der Waals surface area contributed by atoms with Crippen LogP contribution in [0.2, 0.25) is 0 Å². The fourth-order valence-electron chi connectivity index (χ4n) is 2.52. The molecular weight excluding hydrogens is 396 g/mol. The molecule has 0 spiro atoms. The van der Waals surface area contributed by atoms with Crippen molar-refractivity contribution < 1.29 is 22.7 Å². The minimum atomic E-state index is -3.91. The number of nitrogens with one attached hydrogen (secondary N) is 2. The van der Waals surface area contributed by atoms with Gasteiger partial charge in [0.2, 0.25) is 21.8 Å². The standard InChI is InChI=1S/C19H24N4O5S/c1-13-9-10-20-17(11-13)21-18(24)12-23(3)19(25)14(2)22-29(26,27)16-7-5-15(28-4)6-8-16/h5-11,14,22H,12H2,1-4H3,(H,20,21,24)/t14-/m0/s1. The van der Waals surface area contributed by atoms with Gasteiger partial charge in [0.15, 0.2) is 0 Å². The van der Waals surface area contributed by atoms with Crippen LogP contribution in [0.4, 0.5) is 5.82 Å². The Hall–Kier alpha value is -2.98. The van der Waals surface area contributed by atoms with Gasteiger partial charge < -0.3 is 15.0 Å². The van der Waals surface area contributed by atoms with Crippen LogP contribution in [0.15, 0.2) is 47.5 Å². The minimum absolute atomic E-state index is 0.00358. The van der Waals surface area contributed by atoms with E-state index in [4.69, 9.17) is 4.74 Å². The molecule has 10 heteroatoms. The van der Waals surface area contributed by atoms with Crippen molar-refractivity contribution in [3.05, 3.63) is 48.2 Å². The van der Waals surface area contributed by atoms with E-state index in [-0.39, 0.29) is 11.4 Å². The van der Waals surface area contributed by atoms with Crippen molar-refractivity contribution in [2.45, 2.75) is 24.8 Å². The summed E-state index contributed by atoms with van der Waals surface area (Å²) in [5.41, 5.74) is 0.932. The summed E-state index contributed by atoms with van der Waals surface area (Å²) in [6.07, 6.45) is 1.57. The number of amides is 2. The van der Waals surface area contributed by atoms with Crippen molar-refractivity contribution in [2.75, 3.05) is 26.0 Å². The summed E-state index contributed by atoms with van der Waals surface area (Å²) >= 11 is 0. The fourth-order valence-corrected chi connectivity index (χ4v) is 3.71. The summed E-state index contributed by atoms with van der Waals surface area (Å²) in [4.78, 5) is 29.8. The van der Waals surface area contributed by atoms with Crippen LogP contribution in [0.3, 0.4) is 0 Å². The van der Waals surface area contributed by atoms with E-state index in [9.17, 15) is 18.0 Å². The van der Waals surface area contributed by atoms with E-state index >= 15 is 0 Å². The molecular formula is C19H24N4O5S. The van der Waals surface area contributed by atoms with Gasteiger partial charge >= 0.3 is 0 Å². The maximum absolute atomic E-state index is 12.5. The molecule has 29 heavy (non-hydrogen) atoms. The first-order valence-corrected chi connectivity index (χ1v) is 10.2. The Balaban J connectivity index is 1.96. The molecule has 2 aromatic rings. The average Bonchev–Trinajstić information content (AvgIpc) is 2.66. The first kappa shape index (κ1) is 22.3. The van der Waals surface area contributed by atoms with Crippen molar-refractivity contribution in [3.63, 3.8) is 0 Å². The van der Waals surface area contributed by atoms with Gasteiger partial charge in [0.25, 0.3) is 0 Å². The molecule has 0 aliphatic rings. The van der Waals surface area contributed by atoms with Gasteiger partial charge in [0, 0.05) is 13.2 Å². The number of carbonyl (C=O) groups is 2. The predicted molar refractivity (Wildman–Crippen MR) is 108 cm³/mol. The van der Waals surface area contributed by atoms with Crippen LogP contribution >= 0.6 is 0 Å². The number of pyridine rings is 1. The zero-order chi connectivity index (χ0) is 21.6. The Labute approximate surface area is 170 Å². The molecule has 9 nitrogen and oxygen atoms in total. The van der Waals surface area contributed by atoms with Crippen molar-refractivity contribution in [2.24, 2.45) is 0 Å². The SMILES string of the molecule is COc1ccc(S(=O)(=O)N[C@@H](C)C(=O)N(C)CC(=O)Nc2cc(C)ccn2)cc1. The summed E-state index contributed by atoms with van der Waals surface area (Å²) in [5.74, 6) is -0.0929. The number of aromatic nitrogens is 1. The van der Waals surface area contributed by atoms with Crippen molar-refractivity contribution in [3.8, 4) is 5.75 Å². The van der Waals surface area contributed by atoms with Gasteiger partial charge in [0.05, 0.1) is 24.6 Å². The Kier molecular flexibility index (Phi) is 7.29. The van der Waals surface area contributed by atoms with Crippen LogP contribution in [-0.2, 0) is 19.6 Å². The van der Waals surface area contributed by atoms with Crippen molar-refractivity contribution >= 4 is 27.7 Å². The van der Waals surface area contributed by atoms with E-state index < -0.39 is 27.9 Å². The van der Waals surface area contributed by atoms with Crippen LogP contribution < -0.4 is 14.8 Å². The number of nitrogens with zero attached hydrogens (tertiary/aromatic N) is 2. The second-order valence-electron chi connectivity index (χ2n) is 6.48. The third kappa shape index (κ3) is 6.26. The van der Waals surface area contributed by atoms with Gasteiger partial charge in [-0.3, -0.25) is 9.59 Å². The molecule has 0 saturated heterocycles. The monoisotopic (exact) mass is 420 g/mol. The van der Waals surface area contributed by atoms with Crippen molar-refractivity contribution in [1.29, 1.82) is 0 Å². The Morgan fingerprint density at radius 1 is 1.21 bits per heavy atom. The van der Waals surface area contributed by atoms with Crippen LogP contribution in [0.1, 0.15) is 12.5 Å². The fraction of sp³-hybridized carbons (Fsp3) is 0.316. The number of likely N-dealkylation sites (N-methyl/N-ethyl adjacent to an activating group) is 1. The predicted octanol–water partition coefficient (Wildman–Crippen LogP) is 1.16. The number of hydrogen-bond acceptors (Lipinski definition) is 6. The normalized spacial score (nSPS) is 12.1. The lowest BCUT2D eigenvalue weighted by Crippen LogP contribution is -2.47. The quantitative estimate of drug-likeness (QED) is 0.662. The molecule has 1 heterocycles. The summed E-state index contributed by atoms with van der Waals surface area (Å²) in [6, 6.07) is 8.22. The van der Waals surface area contributed by atoms with E-state index in [0.29, 0.717) is 11.6 Å². The molecule has 1 aromatic carbocycles. The highest BCUT2D eigenvalue weighted by Gasteiger charge is 2.25. The molecule has 0 bridgehead atoms. The number of methoxy groups -OCH3 is 1. The van der Waals surface area contributed by atoms with Gasteiger partial charge in [0.1, 0.15) is 11.6 Å². The third-order valence-corrected chi connectivity index (χ3v) is 5.57. The maximum atomic E-state index is 12.5. The topological polar surface area (TPSA) is 118 Å². The Bertz CT molecular complexity index is 976. The first-order valence-electron chi connectivity index (χ1n) is 8.76.